The minimum atomic E-state index is -3.62. The predicted molar refractivity (Wildman–Crippen MR) is 141 cm³/mol. The van der Waals surface area contributed by atoms with Gasteiger partial charge in [0.1, 0.15) is 5.01 Å². The summed E-state index contributed by atoms with van der Waals surface area (Å²) in [5, 5.41) is 3.90. The molecule has 35 heavy (non-hydrogen) atoms. The maximum Gasteiger partial charge on any atom is 0.243 e. The Kier molecular flexibility index (Phi) is 6.44. The third-order valence-electron chi connectivity index (χ3n) is 6.36. The molecule has 2 heterocycles. The Morgan fingerprint density at radius 1 is 1.00 bits per heavy atom. The molecule has 1 amide bonds. The van der Waals surface area contributed by atoms with Crippen molar-refractivity contribution in [3.63, 3.8) is 0 Å². The number of nitrogens with zero attached hydrogens (tertiary/aromatic N) is 2. The number of amides is 1. The van der Waals surface area contributed by atoms with Crippen LogP contribution in [0.1, 0.15) is 24.0 Å². The van der Waals surface area contributed by atoms with E-state index in [1.165, 1.54) is 9.87 Å². The summed E-state index contributed by atoms with van der Waals surface area (Å²) in [6, 6.07) is 20.7. The molecule has 0 radical (unpaired) electrons. The van der Waals surface area contributed by atoms with Crippen LogP contribution in [0.15, 0.2) is 71.6 Å². The summed E-state index contributed by atoms with van der Waals surface area (Å²) in [6.45, 7) is 4.60. The number of carbonyl (C=O) groups is 1. The predicted octanol–water partition coefficient (Wildman–Crippen LogP) is 5.62. The van der Waals surface area contributed by atoms with Crippen molar-refractivity contribution < 1.29 is 13.2 Å². The average molecular weight is 506 g/mol. The maximum atomic E-state index is 13.1. The maximum absolute atomic E-state index is 13.1. The number of sulfonamides is 1. The zero-order valence-corrected chi connectivity index (χ0v) is 21.3. The van der Waals surface area contributed by atoms with Crippen LogP contribution in [0.2, 0.25) is 0 Å². The van der Waals surface area contributed by atoms with Crippen molar-refractivity contribution >= 4 is 43.2 Å². The average Bonchev–Trinajstić information content (AvgIpc) is 3.28. The standard InChI is InChI=1S/C27H27N3O3S2/c1-18-5-12-23(13-6-18)35(32,33)30-15-3-4-21(17-30)26(31)28-22-10-8-20(9-11-22)27-29-24-14-7-19(2)16-25(24)34-27/h5-14,16,21H,3-4,15,17H2,1-2H3,(H,28,31). The number of carbonyl (C=O) groups excluding carboxylic acids is 1. The number of rotatable bonds is 5. The number of hydrogen-bond acceptors (Lipinski definition) is 5. The molecule has 6 nitrogen and oxygen atoms in total. The van der Waals surface area contributed by atoms with Crippen molar-refractivity contribution in [1.29, 1.82) is 0 Å². The Bertz CT molecular complexity index is 1480. The lowest BCUT2D eigenvalue weighted by molar-refractivity contribution is -0.120. The summed E-state index contributed by atoms with van der Waals surface area (Å²) in [5.41, 5.74) is 4.88. The molecule has 3 aromatic carbocycles. The van der Waals surface area contributed by atoms with Crippen molar-refractivity contribution in [3.8, 4) is 10.6 Å². The van der Waals surface area contributed by atoms with Crippen LogP contribution in [0.5, 0.6) is 0 Å². The van der Waals surface area contributed by atoms with E-state index in [0.717, 1.165) is 26.4 Å². The molecule has 1 aliphatic heterocycles. The van der Waals surface area contributed by atoms with E-state index in [-0.39, 0.29) is 17.3 Å². The Balaban J connectivity index is 1.26. The Labute approximate surface area is 209 Å². The van der Waals surface area contributed by atoms with Gasteiger partial charge in [-0.3, -0.25) is 4.79 Å². The van der Waals surface area contributed by atoms with Crippen LogP contribution in [0.3, 0.4) is 0 Å². The van der Waals surface area contributed by atoms with E-state index < -0.39 is 15.9 Å². The first kappa shape index (κ1) is 23.7. The van der Waals surface area contributed by atoms with Crippen molar-refractivity contribution in [1.82, 2.24) is 9.29 Å². The number of thiazole rings is 1. The van der Waals surface area contributed by atoms with Crippen molar-refractivity contribution in [2.24, 2.45) is 5.92 Å². The normalized spacial score (nSPS) is 16.9. The fourth-order valence-electron chi connectivity index (χ4n) is 4.33. The largest absolute Gasteiger partial charge is 0.326 e. The van der Waals surface area contributed by atoms with Gasteiger partial charge in [-0.1, -0.05) is 23.8 Å². The molecule has 180 valence electrons. The summed E-state index contributed by atoms with van der Waals surface area (Å²) < 4.78 is 28.7. The molecule has 5 rings (SSSR count). The second kappa shape index (κ2) is 9.53. The van der Waals surface area contributed by atoms with Crippen LogP contribution >= 0.6 is 11.3 Å². The lowest BCUT2D eigenvalue weighted by Gasteiger charge is -2.31. The van der Waals surface area contributed by atoms with Gasteiger partial charge in [-0.15, -0.1) is 11.3 Å². The van der Waals surface area contributed by atoms with E-state index >= 15 is 0 Å². The molecule has 1 aliphatic rings. The molecule has 1 atom stereocenters. The molecule has 0 saturated carbocycles. The number of benzene rings is 3. The van der Waals surface area contributed by atoms with Crippen molar-refractivity contribution in [2.45, 2.75) is 31.6 Å². The highest BCUT2D eigenvalue weighted by molar-refractivity contribution is 7.89. The Morgan fingerprint density at radius 2 is 1.71 bits per heavy atom. The molecule has 1 saturated heterocycles. The van der Waals surface area contributed by atoms with Gasteiger partial charge in [0.25, 0.3) is 0 Å². The second-order valence-electron chi connectivity index (χ2n) is 9.07. The van der Waals surface area contributed by atoms with Gasteiger partial charge in [0.15, 0.2) is 0 Å². The van der Waals surface area contributed by atoms with Gasteiger partial charge in [-0.05, 0) is 80.8 Å². The van der Waals surface area contributed by atoms with Crippen LogP contribution in [-0.4, -0.2) is 36.7 Å². The first-order chi connectivity index (χ1) is 16.8. The van der Waals surface area contributed by atoms with Crippen LogP contribution in [-0.2, 0) is 14.8 Å². The first-order valence-corrected chi connectivity index (χ1v) is 13.9. The molecular weight excluding hydrogens is 478 g/mol. The molecule has 0 spiro atoms. The van der Waals surface area contributed by atoms with Crippen molar-refractivity contribution in [2.75, 3.05) is 18.4 Å². The zero-order valence-electron chi connectivity index (χ0n) is 19.7. The smallest absolute Gasteiger partial charge is 0.243 e. The minimum absolute atomic E-state index is 0.156. The van der Waals surface area contributed by atoms with E-state index in [9.17, 15) is 13.2 Å². The molecule has 1 fully saturated rings. The molecule has 1 aromatic heterocycles. The Hall–Kier alpha value is -3.07. The minimum Gasteiger partial charge on any atom is -0.326 e. The topological polar surface area (TPSA) is 79.4 Å². The van der Waals surface area contributed by atoms with Gasteiger partial charge in [0.2, 0.25) is 15.9 Å². The lowest BCUT2D eigenvalue weighted by Crippen LogP contribution is -2.43. The monoisotopic (exact) mass is 505 g/mol. The number of hydrogen-bond donors (Lipinski definition) is 1. The first-order valence-electron chi connectivity index (χ1n) is 11.6. The van der Waals surface area contributed by atoms with E-state index in [1.54, 1.807) is 35.6 Å². The fourth-order valence-corrected chi connectivity index (χ4v) is 6.92. The molecule has 4 aromatic rings. The van der Waals surface area contributed by atoms with Gasteiger partial charge in [0, 0.05) is 24.3 Å². The third kappa shape index (κ3) is 5.00. The SMILES string of the molecule is Cc1ccc(S(=O)(=O)N2CCCC(C(=O)Nc3ccc(-c4nc5ccc(C)cc5s4)cc3)C2)cc1. The highest BCUT2D eigenvalue weighted by Crippen LogP contribution is 2.31. The Morgan fingerprint density at radius 3 is 2.46 bits per heavy atom. The van der Waals surface area contributed by atoms with E-state index in [0.29, 0.717) is 25.1 Å². The summed E-state index contributed by atoms with van der Waals surface area (Å²) in [6.07, 6.45) is 1.31. The summed E-state index contributed by atoms with van der Waals surface area (Å²) >= 11 is 1.65. The second-order valence-corrected chi connectivity index (χ2v) is 12.0. The number of fused-ring (bicyclic) bond motifs is 1. The molecule has 1 unspecified atom stereocenters. The number of nitrogens with one attached hydrogen (secondary N) is 1. The lowest BCUT2D eigenvalue weighted by atomic mass is 9.98. The summed E-state index contributed by atoms with van der Waals surface area (Å²) in [7, 11) is -3.62. The number of aryl methyl sites for hydroxylation is 2. The third-order valence-corrected chi connectivity index (χ3v) is 9.30. The fraction of sp³-hybridized carbons (Fsp3) is 0.259. The van der Waals surface area contributed by atoms with E-state index in [4.69, 9.17) is 4.98 Å². The van der Waals surface area contributed by atoms with Gasteiger partial charge in [-0.25, -0.2) is 13.4 Å². The summed E-state index contributed by atoms with van der Waals surface area (Å²) in [5.74, 6) is -0.548. The van der Waals surface area contributed by atoms with E-state index in [2.05, 4.69) is 24.4 Å². The van der Waals surface area contributed by atoms with Crippen LogP contribution in [0.4, 0.5) is 5.69 Å². The van der Waals surface area contributed by atoms with Crippen LogP contribution in [0.25, 0.3) is 20.8 Å². The quantitative estimate of drug-likeness (QED) is 0.382. The molecule has 0 bridgehead atoms. The van der Waals surface area contributed by atoms with Gasteiger partial charge in [-0.2, -0.15) is 4.31 Å². The van der Waals surface area contributed by atoms with Gasteiger partial charge >= 0.3 is 0 Å². The van der Waals surface area contributed by atoms with E-state index in [1.807, 2.05) is 37.3 Å². The number of piperidine rings is 1. The molecule has 0 aliphatic carbocycles. The zero-order chi connectivity index (χ0) is 24.6. The highest BCUT2D eigenvalue weighted by Gasteiger charge is 2.33. The molecule has 1 N–H and O–H groups in total. The molecular formula is C27H27N3O3S2. The van der Waals surface area contributed by atoms with Gasteiger partial charge in [0.05, 0.1) is 21.0 Å². The van der Waals surface area contributed by atoms with Gasteiger partial charge < -0.3 is 5.32 Å². The van der Waals surface area contributed by atoms with Crippen molar-refractivity contribution in [3.05, 3.63) is 77.9 Å². The highest BCUT2D eigenvalue weighted by atomic mass is 32.2. The summed E-state index contributed by atoms with van der Waals surface area (Å²) in [4.78, 5) is 18.0. The number of aromatic nitrogens is 1. The molecule has 8 heteroatoms. The number of anilines is 1. The van der Waals surface area contributed by atoms with Crippen LogP contribution < -0.4 is 5.32 Å². The van der Waals surface area contributed by atoms with Crippen LogP contribution in [0, 0.1) is 19.8 Å².